The van der Waals surface area contributed by atoms with Gasteiger partial charge in [-0.3, -0.25) is 9.59 Å². The first-order chi connectivity index (χ1) is 11.1. The second-order valence-corrected chi connectivity index (χ2v) is 5.18. The molecule has 0 saturated carbocycles. The molecule has 23 heavy (non-hydrogen) atoms. The Kier molecular flexibility index (Phi) is 5.91. The fourth-order valence-corrected chi connectivity index (χ4v) is 2.11. The molecule has 0 aliphatic heterocycles. The van der Waals surface area contributed by atoms with Crippen LogP contribution in [0.15, 0.2) is 43.0 Å². The molecular formula is C17H21N3O3. The number of esters is 1. The van der Waals surface area contributed by atoms with E-state index in [-0.39, 0.29) is 17.9 Å². The molecule has 0 fully saturated rings. The van der Waals surface area contributed by atoms with Crippen LogP contribution in [0.2, 0.25) is 0 Å². The molecule has 6 nitrogen and oxygen atoms in total. The Bertz CT molecular complexity index is 636. The molecule has 1 N–H and O–H groups in total. The first-order valence-electron chi connectivity index (χ1n) is 7.63. The number of hydrogen-bond acceptors (Lipinski definition) is 4. The number of nitrogens with zero attached hydrogens (tertiary/aromatic N) is 2. The van der Waals surface area contributed by atoms with Crippen LogP contribution in [0.25, 0.3) is 0 Å². The summed E-state index contributed by atoms with van der Waals surface area (Å²) in [6.45, 7) is 4.00. The molecule has 6 heteroatoms. The molecule has 1 amide bonds. The number of aryl methyl sites for hydroxylation is 1. The molecule has 2 aromatic rings. The SMILES string of the molecule is CCOC(=O)CCc1ccc(NC(=O)C(C)n2ccnc2)cc1. The van der Waals surface area contributed by atoms with Crippen LogP contribution >= 0.6 is 0 Å². The van der Waals surface area contributed by atoms with Crippen molar-refractivity contribution in [1.82, 2.24) is 9.55 Å². The van der Waals surface area contributed by atoms with Gasteiger partial charge in [-0.2, -0.15) is 0 Å². The summed E-state index contributed by atoms with van der Waals surface area (Å²) >= 11 is 0. The number of carbonyl (C=O) groups excluding carboxylic acids is 2. The zero-order valence-corrected chi connectivity index (χ0v) is 13.4. The number of ether oxygens (including phenoxy) is 1. The molecular weight excluding hydrogens is 294 g/mol. The fraction of sp³-hybridized carbons (Fsp3) is 0.353. The lowest BCUT2D eigenvalue weighted by Gasteiger charge is -2.13. The molecule has 0 aliphatic rings. The van der Waals surface area contributed by atoms with Crippen molar-refractivity contribution in [2.75, 3.05) is 11.9 Å². The van der Waals surface area contributed by atoms with Crippen LogP contribution in [0, 0.1) is 0 Å². The quantitative estimate of drug-likeness (QED) is 0.797. The average Bonchev–Trinajstić information content (AvgIpc) is 3.08. The zero-order chi connectivity index (χ0) is 16.7. The predicted molar refractivity (Wildman–Crippen MR) is 87.0 cm³/mol. The molecule has 0 aliphatic carbocycles. The number of carbonyl (C=O) groups is 2. The van der Waals surface area contributed by atoms with Gasteiger partial charge >= 0.3 is 5.97 Å². The van der Waals surface area contributed by atoms with Crippen molar-refractivity contribution in [3.05, 3.63) is 48.5 Å². The summed E-state index contributed by atoms with van der Waals surface area (Å²) in [5.41, 5.74) is 1.75. The summed E-state index contributed by atoms with van der Waals surface area (Å²) in [7, 11) is 0. The predicted octanol–water partition coefficient (Wildman–Crippen LogP) is 2.58. The summed E-state index contributed by atoms with van der Waals surface area (Å²) in [6, 6.07) is 7.13. The molecule has 0 bridgehead atoms. The minimum absolute atomic E-state index is 0.109. The van der Waals surface area contributed by atoms with Gasteiger partial charge in [0.1, 0.15) is 6.04 Å². The van der Waals surface area contributed by atoms with E-state index in [4.69, 9.17) is 4.74 Å². The zero-order valence-electron chi connectivity index (χ0n) is 13.4. The third-order valence-electron chi connectivity index (χ3n) is 3.50. The Hall–Kier alpha value is -2.63. The van der Waals surface area contributed by atoms with Crippen LogP contribution in [-0.2, 0) is 20.7 Å². The number of anilines is 1. The van der Waals surface area contributed by atoms with E-state index in [1.807, 2.05) is 31.2 Å². The molecule has 0 radical (unpaired) electrons. The molecule has 1 heterocycles. The van der Waals surface area contributed by atoms with Gasteiger partial charge < -0.3 is 14.6 Å². The number of rotatable bonds is 7. The highest BCUT2D eigenvalue weighted by atomic mass is 16.5. The lowest BCUT2D eigenvalue weighted by atomic mass is 10.1. The van der Waals surface area contributed by atoms with E-state index in [0.29, 0.717) is 19.4 Å². The van der Waals surface area contributed by atoms with Gasteiger partial charge in [0.15, 0.2) is 0 Å². The van der Waals surface area contributed by atoms with Gasteiger partial charge in [0.2, 0.25) is 5.91 Å². The second-order valence-electron chi connectivity index (χ2n) is 5.18. The lowest BCUT2D eigenvalue weighted by molar-refractivity contribution is -0.143. The van der Waals surface area contributed by atoms with Crippen LogP contribution in [-0.4, -0.2) is 28.0 Å². The van der Waals surface area contributed by atoms with Crippen molar-refractivity contribution in [2.45, 2.75) is 32.7 Å². The number of amides is 1. The minimum atomic E-state index is -0.332. The van der Waals surface area contributed by atoms with Crippen molar-refractivity contribution < 1.29 is 14.3 Å². The first kappa shape index (κ1) is 16.7. The maximum Gasteiger partial charge on any atom is 0.306 e. The van der Waals surface area contributed by atoms with Crippen molar-refractivity contribution >= 4 is 17.6 Å². The highest BCUT2D eigenvalue weighted by molar-refractivity contribution is 5.93. The van der Waals surface area contributed by atoms with E-state index in [2.05, 4.69) is 10.3 Å². The molecule has 1 atom stereocenters. The lowest BCUT2D eigenvalue weighted by Crippen LogP contribution is -2.22. The van der Waals surface area contributed by atoms with Crippen molar-refractivity contribution in [1.29, 1.82) is 0 Å². The number of hydrogen-bond donors (Lipinski definition) is 1. The maximum atomic E-state index is 12.2. The summed E-state index contributed by atoms with van der Waals surface area (Å²) in [5, 5.41) is 2.86. The van der Waals surface area contributed by atoms with E-state index in [1.165, 1.54) is 0 Å². The van der Waals surface area contributed by atoms with Gasteiger partial charge in [-0.15, -0.1) is 0 Å². The highest BCUT2D eigenvalue weighted by Crippen LogP contribution is 2.14. The van der Waals surface area contributed by atoms with Crippen LogP contribution in [0.5, 0.6) is 0 Å². The summed E-state index contributed by atoms with van der Waals surface area (Å²) in [4.78, 5) is 27.4. The first-order valence-corrected chi connectivity index (χ1v) is 7.63. The van der Waals surface area contributed by atoms with Crippen molar-refractivity contribution in [3.63, 3.8) is 0 Å². The van der Waals surface area contributed by atoms with Crippen LogP contribution in [0.1, 0.15) is 31.9 Å². The monoisotopic (exact) mass is 315 g/mol. The van der Waals surface area contributed by atoms with Crippen LogP contribution in [0.4, 0.5) is 5.69 Å². The standard InChI is InChI=1S/C17H21N3O3/c1-3-23-16(21)9-6-14-4-7-15(8-5-14)19-17(22)13(2)20-11-10-18-12-20/h4-5,7-8,10-13H,3,6,9H2,1-2H3,(H,19,22). The number of imidazole rings is 1. The van der Waals surface area contributed by atoms with Crippen LogP contribution < -0.4 is 5.32 Å². The normalized spacial score (nSPS) is 11.7. The smallest absolute Gasteiger partial charge is 0.306 e. The number of aromatic nitrogens is 2. The Morgan fingerprint density at radius 1 is 1.30 bits per heavy atom. The fourth-order valence-electron chi connectivity index (χ4n) is 2.11. The van der Waals surface area contributed by atoms with Crippen molar-refractivity contribution in [3.8, 4) is 0 Å². The Labute approximate surface area is 135 Å². The summed E-state index contributed by atoms with van der Waals surface area (Å²) in [5.74, 6) is -0.304. The van der Waals surface area contributed by atoms with Crippen LogP contribution in [0.3, 0.4) is 0 Å². The largest absolute Gasteiger partial charge is 0.466 e. The van der Waals surface area contributed by atoms with E-state index >= 15 is 0 Å². The number of benzene rings is 1. The van der Waals surface area contributed by atoms with Gasteiger partial charge in [0.25, 0.3) is 0 Å². The maximum absolute atomic E-state index is 12.2. The van der Waals surface area contributed by atoms with Gasteiger partial charge in [0, 0.05) is 24.5 Å². The van der Waals surface area contributed by atoms with E-state index < -0.39 is 0 Å². The summed E-state index contributed by atoms with van der Waals surface area (Å²) < 4.78 is 6.64. The van der Waals surface area contributed by atoms with Gasteiger partial charge in [0.05, 0.1) is 12.9 Å². The van der Waals surface area contributed by atoms with E-state index in [9.17, 15) is 9.59 Å². The Morgan fingerprint density at radius 2 is 2.04 bits per heavy atom. The molecule has 1 aromatic heterocycles. The Morgan fingerprint density at radius 3 is 2.65 bits per heavy atom. The highest BCUT2D eigenvalue weighted by Gasteiger charge is 2.14. The topological polar surface area (TPSA) is 73.2 Å². The summed E-state index contributed by atoms with van der Waals surface area (Å²) in [6.07, 6.45) is 5.99. The minimum Gasteiger partial charge on any atom is -0.466 e. The van der Waals surface area contributed by atoms with Gasteiger partial charge in [-0.05, 0) is 38.0 Å². The average molecular weight is 315 g/mol. The number of nitrogens with one attached hydrogen (secondary N) is 1. The Balaban J connectivity index is 1.87. The van der Waals surface area contributed by atoms with Gasteiger partial charge in [-0.25, -0.2) is 4.98 Å². The molecule has 2 rings (SSSR count). The third-order valence-corrected chi connectivity index (χ3v) is 3.50. The van der Waals surface area contributed by atoms with E-state index in [0.717, 1.165) is 11.3 Å². The van der Waals surface area contributed by atoms with E-state index in [1.54, 1.807) is 30.2 Å². The molecule has 0 saturated heterocycles. The molecule has 122 valence electrons. The molecule has 1 aromatic carbocycles. The second kappa shape index (κ2) is 8.12. The molecule has 1 unspecified atom stereocenters. The third kappa shape index (κ3) is 4.95. The van der Waals surface area contributed by atoms with Crippen molar-refractivity contribution in [2.24, 2.45) is 0 Å². The van der Waals surface area contributed by atoms with Gasteiger partial charge in [-0.1, -0.05) is 12.1 Å². The molecule has 0 spiro atoms.